The lowest BCUT2D eigenvalue weighted by atomic mass is 10.2. The Balaban J connectivity index is 2.48. The molecule has 8 nitrogen and oxygen atoms in total. The summed E-state index contributed by atoms with van der Waals surface area (Å²) < 4.78 is 10.1. The molecule has 0 aliphatic carbocycles. The van der Waals surface area contributed by atoms with Crippen molar-refractivity contribution < 1.29 is 29.0 Å². The van der Waals surface area contributed by atoms with Crippen LogP contribution in [0.4, 0.5) is 0 Å². The van der Waals surface area contributed by atoms with E-state index in [0.29, 0.717) is 11.5 Å². The molecule has 0 saturated carbocycles. The molecule has 1 atom stereocenters. The van der Waals surface area contributed by atoms with Gasteiger partial charge in [0.05, 0.1) is 13.5 Å². The van der Waals surface area contributed by atoms with E-state index in [4.69, 9.17) is 20.3 Å². The van der Waals surface area contributed by atoms with E-state index >= 15 is 0 Å². The first-order chi connectivity index (χ1) is 9.92. The molecule has 1 rings (SSSR count). The van der Waals surface area contributed by atoms with Crippen LogP contribution in [0.1, 0.15) is 6.42 Å². The molecule has 8 heteroatoms. The summed E-state index contributed by atoms with van der Waals surface area (Å²) in [5, 5.41) is 11.0. The molecule has 0 aliphatic rings. The number of amides is 2. The third kappa shape index (κ3) is 5.81. The van der Waals surface area contributed by atoms with Gasteiger partial charge in [0, 0.05) is 0 Å². The number of rotatable bonds is 8. The lowest BCUT2D eigenvalue weighted by Gasteiger charge is -2.13. The Kier molecular flexibility index (Phi) is 5.99. The molecule has 0 spiro atoms. The Morgan fingerprint density at radius 3 is 2.29 bits per heavy atom. The SMILES string of the molecule is COc1ccc(OCC(=O)N[C@@H](CC(N)=O)C(=O)O)cc1. The molecular weight excluding hydrogens is 280 g/mol. The Morgan fingerprint density at radius 1 is 1.24 bits per heavy atom. The lowest BCUT2D eigenvalue weighted by Crippen LogP contribution is -2.45. The lowest BCUT2D eigenvalue weighted by molar-refractivity contribution is -0.143. The molecule has 1 aromatic carbocycles. The summed E-state index contributed by atoms with van der Waals surface area (Å²) in [4.78, 5) is 33.1. The molecule has 0 saturated heterocycles. The maximum absolute atomic E-state index is 11.6. The number of carboxylic acids is 1. The minimum absolute atomic E-state index is 0.380. The number of methoxy groups -OCH3 is 1. The summed E-state index contributed by atoms with van der Waals surface area (Å²) in [7, 11) is 1.52. The van der Waals surface area contributed by atoms with Crippen LogP contribution in [0, 0.1) is 0 Å². The van der Waals surface area contributed by atoms with E-state index in [1.807, 2.05) is 0 Å². The zero-order valence-electron chi connectivity index (χ0n) is 11.4. The Bertz CT molecular complexity index is 514. The monoisotopic (exact) mass is 296 g/mol. The van der Waals surface area contributed by atoms with E-state index < -0.39 is 30.2 Å². The summed E-state index contributed by atoms with van der Waals surface area (Å²) in [6.45, 7) is -0.380. The number of carbonyl (C=O) groups excluding carboxylic acids is 2. The van der Waals surface area contributed by atoms with Crippen molar-refractivity contribution in [1.29, 1.82) is 0 Å². The maximum atomic E-state index is 11.6. The van der Waals surface area contributed by atoms with Gasteiger partial charge in [-0.1, -0.05) is 0 Å². The molecular formula is C13H16N2O6. The highest BCUT2D eigenvalue weighted by Crippen LogP contribution is 2.16. The first-order valence-corrected chi connectivity index (χ1v) is 5.99. The number of hydrogen-bond donors (Lipinski definition) is 3. The minimum atomic E-state index is -1.37. The number of nitrogens with one attached hydrogen (secondary N) is 1. The molecule has 0 aliphatic heterocycles. The number of primary amides is 1. The van der Waals surface area contributed by atoms with Crippen molar-refractivity contribution in [3.8, 4) is 11.5 Å². The van der Waals surface area contributed by atoms with Gasteiger partial charge < -0.3 is 25.6 Å². The van der Waals surface area contributed by atoms with Crippen molar-refractivity contribution in [3.05, 3.63) is 24.3 Å². The number of ether oxygens (including phenoxy) is 2. The maximum Gasteiger partial charge on any atom is 0.326 e. The van der Waals surface area contributed by atoms with Crippen molar-refractivity contribution in [2.75, 3.05) is 13.7 Å². The molecule has 2 amide bonds. The smallest absolute Gasteiger partial charge is 0.326 e. The fourth-order valence-corrected chi connectivity index (χ4v) is 1.46. The first-order valence-electron chi connectivity index (χ1n) is 5.99. The Hall–Kier alpha value is -2.77. The highest BCUT2D eigenvalue weighted by atomic mass is 16.5. The van der Waals surface area contributed by atoms with Gasteiger partial charge >= 0.3 is 5.97 Å². The molecule has 1 aromatic rings. The predicted molar refractivity (Wildman–Crippen MR) is 71.9 cm³/mol. The third-order valence-electron chi connectivity index (χ3n) is 2.47. The van der Waals surface area contributed by atoms with E-state index in [0.717, 1.165) is 0 Å². The topological polar surface area (TPSA) is 128 Å². The predicted octanol–water partition coefficient (Wildman–Crippen LogP) is -0.481. The average Bonchev–Trinajstić information content (AvgIpc) is 2.44. The fraction of sp³-hybridized carbons (Fsp3) is 0.308. The first kappa shape index (κ1) is 16.3. The van der Waals surface area contributed by atoms with Crippen LogP contribution in [0.2, 0.25) is 0 Å². The van der Waals surface area contributed by atoms with Crippen LogP contribution in [-0.2, 0) is 14.4 Å². The zero-order valence-corrected chi connectivity index (χ0v) is 11.4. The van der Waals surface area contributed by atoms with Gasteiger partial charge in [0.15, 0.2) is 6.61 Å². The molecule has 0 heterocycles. The number of aliphatic carboxylic acids is 1. The van der Waals surface area contributed by atoms with Gasteiger partial charge in [-0.2, -0.15) is 0 Å². The van der Waals surface area contributed by atoms with Crippen molar-refractivity contribution >= 4 is 17.8 Å². The number of carbonyl (C=O) groups is 3. The quantitative estimate of drug-likeness (QED) is 0.594. The summed E-state index contributed by atoms with van der Waals surface area (Å²) in [6.07, 6.45) is -0.483. The summed E-state index contributed by atoms with van der Waals surface area (Å²) in [5.41, 5.74) is 4.90. The molecule has 0 bridgehead atoms. The van der Waals surface area contributed by atoms with Crippen molar-refractivity contribution in [3.63, 3.8) is 0 Å². The molecule has 114 valence electrons. The van der Waals surface area contributed by atoms with Crippen LogP contribution in [0.5, 0.6) is 11.5 Å². The van der Waals surface area contributed by atoms with Crippen LogP contribution in [-0.4, -0.2) is 42.6 Å². The molecule has 4 N–H and O–H groups in total. The average molecular weight is 296 g/mol. The molecule has 21 heavy (non-hydrogen) atoms. The highest BCUT2D eigenvalue weighted by Gasteiger charge is 2.22. The number of benzene rings is 1. The van der Waals surface area contributed by atoms with E-state index in [2.05, 4.69) is 5.32 Å². The van der Waals surface area contributed by atoms with Crippen LogP contribution >= 0.6 is 0 Å². The largest absolute Gasteiger partial charge is 0.497 e. The molecule has 0 fully saturated rings. The highest BCUT2D eigenvalue weighted by molar-refractivity contribution is 5.88. The van der Waals surface area contributed by atoms with E-state index in [1.165, 1.54) is 7.11 Å². The van der Waals surface area contributed by atoms with Crippen LogP contribution in [0.15, 0.2) is 24.3 Å². The zero-order chi connectivity index (χ0) is 15.8. The fourth-order valence-electron chi connectivity index (χ4n) is 1.46. The second-order valence-corrected chi connectivity index (χ2v) is 4.09. The van der Waals surface area contributed by atoms with Crippen molar-refractivity contribution in [1.82, 2.24) is 5.32 Å². The molecule has 0 aromatic heterocycles. The summed E-state index contributed by atoms with van der Waals surface area (Å²) in [5.74, 6) is -1.77. The Morgan fingerprint density at radius 2 is 1.81 bits per heavy atom. The number of nitrogens with two attached hydrogens (primary N) is 1. The van der Waals surface area contributed by atoms with Crippen LogP contribution in [0.3, 0.4) is 0 Å². The van der Waals surface area contributed by atoms with Crippen molar-refractivity contribution in [2.45, 2.75) is 12.5 Å². The van der Waals surface area contributed by atoms with Gasteiger partial charge in [-0.05, 0) is 24.3 Å². The van der Waals surface area contributed by atoms with Gasteiger partial charge in [0.2, 0.25) is 5.91 Å². The second kappa shape index (κ2) is 7.73. The van der Waals surface area contributed by atoms with E-state index in [9.17, 15) is 14.4 Å². The van der Waals surface area contributed by atoms with E-state index in [-0.39, 0.29) is 6.61 Å². The summed E-state index contributed by atoms with van der Waals surface area (Å²) in [6, 6.07) is 5.14. The van der Waals surface area contributed by atoms with Gasteiger partial charge in [0.25, 0.3) is 5.91 Å². The number of hydrogen-bond acceptors (Lipinski definition) is 5. The Labute approximate surface area is 120 Å². The van der Waals surface area contributed by atoms with Gasteiger partial charge in [-0.25, -0.2) is 4.79 Å². The van der Waals surface area contributed by atoms with Crippen LogP contribution < -0.4 is 20.5 Å². The van der Waals surface area contributed by atoms with E-state index in [1.54, 1.807) is 24.3 Å². The standard InChI is InChI=1S/C13H16N2O6/c1-20-8-2-4-9(5-3-8)21-7-12(17)15-10(13(18)19)6-11(14)16/h2-5,10H,6-7H2,1H3,(H2,14,16)(H,15,17)(H,18,19)/t10-/m0/s1. The third-order valence-corrected chi connectivity index (χ3v) is 2.47. The molecule has 0 unspecified atom stereocenters. The summed E-state index contributed by atoms with van der Waals surface area (Å²) >= 11 is 0. The van der Waals surface area contributed by atoms with Gasteiger partial charge in [-0.15, -0.1) is 0 Å². The minimum Gasteiger partial charge on any atom is -0.497 e. The van der Waals surface area contributed by atoms with Crippen molar-refractivity contribution in [2.24, 2.45) is 5.73 Å². The normalized spacial score (nSPS) is 11.3. The van der Waals surface area contributed by atoms with Gasteiger partial charge in [0.1, 0.15) is 17.5 Å². The molecule has 0 radical (unpaired) electrons. The van der Waals surface area contributed by atoms with Crippen LogP contribution in [0.25, 0.3) is 0 Å². The second-order valence-electron chi connectivity index (χ2n) is 4.09. The number of carboxylic acid groups (broad SMARTS) is 1. The van der Waals surface area contributed by atoms with Gasteiger partial charge in [-0.3, -0.25) is 9.59 Å².